The van der Waals surface area contributed by atoms with Crippen LogP contribution in [0.1, 0.15) is 46.6 Å². The second-order valence-corrected chi connectivity index (χ2v) is 7.18. The van der Waals surface area contributed by atoms with E-state index in [-0.39, 0.29) is 5.91 Å². The molecule has 1 atom stereocenters. The van der Waals surface area contributed by atoms with Crippen LogP contribution in [0.3, 0.4) is 0 Å². The summed E-state index contributed by atoms with van der Waals surface area (Å²) in [6.07, 6.45) is 3.78. The second kappa shape index (κ2) is 6.02. The molecule has 0 radical (unpaired) electrons. The lowest BCUT2D eigenvalue weighted by molar-refractivity contribution is 0.0945. The molecule has 1 aliphatic carbocycles. The quantitative estimate of drug-likeness (QED) is 0.722. The molecular weight excluding hydrogens is 368 g/mol. The zero-order valence-corrected chi connectivity index (χ0v) is 14.9. The van der Waals surface area contributed by atoms with Gasteiger partial charge in [0.25, 0.3) is 5.91 Å². The number of nitrogens with zero attached hydrogens (tertiary/aromatic N) is 2. The van der Waals surface area contributed by atoms with Gasteiger partial charge in [-0.3, -0.25) is 14.9 Å². The van der Waals surface area contributed by atoms with Crippen LogP contribution in [0.2, 0.25) is 0 Å². The van der Waals surface area contributed by atoms with Gasteiger partial charge in [0.2, 0.25) is 0 Å². The van der Waals surface area contributed by atoms with Crippen LogP contribution in [0, 0.1) is 0 Å². The Kier molecular flexibility index (Phi) is 3.84. The van der Waals surface area contributed by atoms with E-state index < -0.39 is 0 Å². The third-order valence-corrected chi connectivity index (χ3v) is 5.03. The number of halogens is 1. The van der Waals surface area contributed by atoms with E-state index in [2.05, 4.69) is 43.4 Å². The van der Waals surface area contributed by atoms with Gasteiger partial charge in [-0.05, 0) is 58.5 Å². The third kappa shape index (κ3) is 2.71. The second-order valence-electron chi connectivity index (χ2n) is 6.27. The van der Waals surface area contributed by atoms with Crippen LogP contribution >= 0.6 is 15.9 Å². The van der Waals surface area contributed by atoms with Crippen LogP contribution in [0.5, 0.6) is 0 Å². The summed E-state index contributed by atoms with van der Waals surface area (Å²) in [5.41, 5.74) is 4.71. The average Bonchev–Trinajstić information content (AvgIpc) is 3.15. The van der Waals surface area contributed by atoms with Gasteiger partial charge in [0.05, 0.1) is 5.52 Å². The Morgan fingerprint density at radius 3 is 3.17 bits per heavy atom. The number of rotatable bonds is 3. The summed E-state index contributed by atoms with van der Waals surface area (Å²) in [5.74, 6) is 0.342. The fourth-order valence-electron chi connectivity index (χ4n) is 3.26. The lowest BCUT2D eigenvalue weighted by atomic mass is 10.1. The number of hydrogen-bond acceptors (Lipinski definition) is 3. The molecule has 0 saturated carbocycles. The molecule has 0 aliphatic heterocycles. The van der Waals surface area contributed by atoms with Gasteiger partial charge >= 0.3 is 0 Å². The highest BCUT2D eigenvalue weighted by Crippen LogP contribution is 2.32. The number of nitrogens with one attached hydrogen (secondary N) is 2. The molecule has 1 unspecified atom stereocenters. The van der Waals surface area contributed by atoms with Gasteiger partial charge in [0.1, 0.15) is 0 Å². The summed E-state index contributed by atoms with van der Waals surface area (Å²) in [6.45, 7) is 2.63. The molecule has 1 amide bonds. The van der Waals surface area contributed by atoms with Crippen molar-refractivity contribution < 1.29 is 4.79 Å². The Morgan fingerprint density at radius 1 is 1.42 bits per heavy atom. The fourth-order valence-corrected chi connectivity index (χ4v) is 3.61. The highest BCUT2D eigenvalue weighted by molar-refractivity contribution is 9.10. The van der Waals surface area contributed by atoms with Gasteiger partial charge in [-0.25, -0.2) is 0 Å². The normalized spacial score (nSPS) is 16.3. The van der Waals surface area contributed by atoms with Crippen molar-refractivity contribution in [3.63, 3.8) is 0 Å². The van der Waals surface area contributed by atoms with Crippen molar-refractivity contribution in [2.75, 3.05) is 0 Å². The molecule has 122 valence electrons. The van der Waals surface area contributed by atoms with E-state index in [9.17, 15) is 4.79 Å². The fraction of sp³-hybridized carbons (Fsp3) is 0.278. The van der Waals surface area contributed by atoms with Crippen LogP contribution in [0.4, 0.5) is 0 Å². The average molecular weight is 385 g/mol. The number of H-pyrrole nitrogens is 1. The molecule has 24 heavy (non-hydrogen) atoms. The summed E-state index contributed by atoms with van der Waals surface area (Å²) in [6, 6.07) is 8.03. The summed E-state index contributed by atoms with van der Waals surface area (Å²) in [4.78, 5) is 16.8. The van der Waals surface area contributed by atoms with Crippen LogP contribution in [0.15, 0.2) is 34.9 Å². The van der Waals surface area contributed by atoms with Gasteiger partial charge < -0.3 is 5.32 Å². The largest absolute Gasteiger partial charge is 0.347 e. The topological polar surface area (TPSA) is 70.7 Å². The van der Waals surface area contributed by atoms with E-state index in [4.69, 9.17) is 0 Å². The summed E-state index contributed by atoms with van der Waals surface area (Å²) in [5, 5.41) is 11.2. The number of carbonyl (C=O) groups excluding carboxylic acids is 1. The van der Waals surface area contributed by atoms with Crippen molar-refractivity contribution in [2.24, 2.45) is 0 Å². The highest BCUT2D eigenvalue weighted by Gasteiger charge is 2.27. The van der Waals surface area contributed by atoms with Crippen molar-refractivity contribution >= 4 is 32.7 Å². The zero-order chi connectivity index (χ0) is 16.7. The number of hydrogen-bond donors (Lipinski definition) is 2. The van der Waals surface area contributed by atoms with E-state index >= 15 is 0 Å². The molecule has 0 fully saturated rings. The number of pyridine rings is 1. The van der Waals surface area contributed by atoms with E-state index in [1.54, 1.807) is 6.20 Å². The van der Waals surface area contributed by atoms with Crippen LogP contribution < -0.4 is 5.32 Å². The number of benzene rings is 1. The molecule has 1 aliphatic rings. The highest BCUT2D eigenvalue weighted by atomic mass is 79.9. The van der Waals surface area contributed by atoms with E-state index in [1.807, 2.05) is 24.3 Å². The minimum atomic E-state index is -0.117. The number of aromatic nitrogens is 3. The Balaban J connectivity index is 1.50. The predicted octanol–water partition coefficient (Wildman–Crippen LogP) is 3.70. The maximum atomic E-state index is 12.4. The van der Waals surface area contributed by atoms with Crippen molar-refractivity contribution in [1.29, 1.82) is 0 Å². The number of fused-ring (bicyclic) bond motifs is 2. The first-order valence-electron chi connectivity index (χ1n) is 8.01. The van der Waals surface area contributed by atoms with Gasteiger partial charge in [0, 0.05) is 33.9 Å². The summed E-state index contributed by atoms with van der Waals surface area (Å²) in [7, 11) is 0. The molecule has 0 saturated heterocycles. The molecule has 5 nitrogen and oxygen atoms in total. The van der Waals surface area contributed by atoms with Crippen molar-refractivity contribution in [3.05, 3.63) is 57.4 Å². The van der Waals surface area contributed by atoms with Gasteiger partial charge in [0.15, 0.2) is 5.69 Å². The maximum Gasteiger partial charge on any atom is 0.272 e. The monoisotopic (exact) mass is 384 g/mol. The molecule has 2 N–H and O–H groups in total. The van der Waals surface area contributed by atoms with Crippen LogP contribution in [0.25, 0.3) is 10.9 Å². The molecule has 4 rings (SSSR count). The lowest BCUT2D eigenvalue weighted by Crippen LogP contribution is -2.24. The van der Waals surface area contributed by atoms with Crippen LogP contribution in [-0.2, 0) is 13.0 Å². The molecule has 6 heteroatoms. The summed E-state index contributed by atoms with van der Waals surface area (Å²) >= 11 is 3.43. The first-order chi connectivity index (χ1) is 11.6. The van der Waals surface area contributed by atoms with Crippen molar-refractivity contribution in [2.45, 2.75) is 32.2 Å². The minimum absolute atomic E-state index is 0.117. The van der Waals surface area contributed by atoms with Gasteiger partial charge in [-0.1, -0.05) is 13.0 Å². The number of carbonyl (C=O) groups is 1. The van der Waals surface area contributed by atoms with Crippen LogP contribution in [-0.4, -0.2) is 21.1 Å². The Bertz CT molecular complexity index is 934. The molecular formula is C18H17BrN4O. The van der Waals surface area contributed by atoms with Gasteiger partial charge in [-0.2, -0.15) is 5.10 Å². The Hall–Kier alpha value is -2.21. The smallest absolute Gasteiger partial charge is 0.272 e. The van der Waals surface area contributed by atoms with Crippen molar-refractivity contribution in [3.8, 4) is 0 Å². The SMILES string of the molecule is CC1CCc2c(C(=O)NCc3ccc4ncc(Br)cc4c3)n[nH]c21. The predicted molar refractivity (Wildman–Crippen MR) is 95.9 cm³/mol. The maximum absolute atomic E-state index is 12.4. The number of aromatic amines is 1. The van der Waals surface area contributed by atoms with Gasteiger partial charge in [-0.15, -0.1) is 0 Å². The first kappa shape index (κ1) is 15.3. The molecule has 0 spiro atoms. The third-order valence-electron chi connectivity index (χ3n) is 4.60. The molecule has 2 heterocycles. The Morgan fingerprint density at radius 2 is 2.29 bits per heavy atom. The lowest BCUT2D eigenvalue weighted by Gasteiger charge is -2.06. The molecule has 1 aromatic carbocycles. The van der Waals surface area contributed by atoms with E-state index in [0.29, 0.717) is 18.2 Å². The first-order valence-corrected chi connectivity index (χ1v) is 8.80. The van der Waals surface area contributed by atoms with E-state index in [1.165, 1.54) is 0 Å². The van der Waals surface area contributed by atoms with E-state index in [0.717, 1.165) is 45.0 Å². The number of amides is 1. The Labute approximate surface area is 148 Å². The van der Waals surface area contributed by atoms with Crippen molar-refractivity contribution in [1.82, 2.24) is 20.5 Å². The molecule has 2 aromatic heterocycles. The standard InChI is InChI=1S/C18H17BrN4O/c1-10-2-4-14-16(10)22-23-17(14)18(24)21-8-11-3-5-15-12(6-11)7-13(19)9-20-15/h3,5-7,9-10H,2,4,8H2,1H3,(H,21,24)(H,22,23). The molecule has 0 bridgehead atoms. The summed E-state index contributed by atoms with van der Waals surface area (Å²) < 4.78 is 0.942. The minimum Gasteiger partial charge on any atom is -0.347 e. The molecule has 3 aromatic rings. The zero-order valence-electron chi connectivity index (χ0n) is 13.3.